The summed E-state index contributed by atoms with van der Waals surface area (Å²) in [5.41, 5.74) is 2.03. The van der Waals surface area contributed by atoms with Gasteiger partial charge in [-0.2, -0.15) is 0 Å². The summed E-state index contributed by atoms with van der Waals surface area (Å²) in [6.07, 6.45) is -0.503. The predicted molar refractivity (Wildman–Crippen MR) is 76.1 cm³/mol. The van der Waals surface area contributed by atoms with E-state index in [1.165, 1.54) is 0 Å². The first kappa shape index (κ1) is 12.5. The van der Waals surface area contributed by atoms with Crippen LogP contribution in [-0.2, 0) is 4.74 Å². The van der Waals surface area contributed by atoms with E-state index >= 15 is 0 Å². The van der Waals surface area contributed by atoms with E-state index < -0.39 is 6.10 Å². The lowest BCUT2D eigenvalue weighted by Crippen LogP contribution is -2.16. The minimum atomic E-state index is -0.503. The van der Waals surface area contributed by atoms with Crippen LogP contribution in [0.5, 0.6) is 11.5 Å². The van der Waals surface area contributed by atoms with Crippen molar-refractivity contribution >= 4 is 17.6 Å². The molecule has 0 amide bonds. The van der Waals surface area contributed by atoms with Crippen molar-refractivity contribution in [2.75, 3.05) is 13.2 Å². The minimum absolute atomic E-state index is 0.369. The van der Waals surface area contributed by atoms with E-state index in [-0.39, 0.29) is 5.97 Å². The van der Waals surface area contributed by atoms with Gasteiger partial charge in [0.15, 0.2) is 17.6 Å². The quantitative estimate of drug-likeness (QED) is 0.758. The molecule has 106 valence electrons. The van der Waals surface area contributed by atoms with Gasteiger partial charge in [-0.1, -0.05) is 29.8 Å². The summed E-state index contributed by atoms with van der Waals surface area (Å²) in [6, 6.07) is 10.8. The van der Waals surface area contributed by atoms with Crippen LogP contribution in [0.15, 0.2) is 36.4 Å². The van der Waals surface area contributed by atoms with E-state index in [0.717, 1.165) is 11.1 Å². The van der Waals surface area contributed by atoms with Crippen molar-refractivity contribution in [2.24, 2.45) is 0 Å². The molecule has 0 saturated carbocycles. The third kappa shape index (κ3) is 1.94. The Bertz CT molecular complexity index is 741. The first-order valence-electron chi connectivity index (χ1n) is 6.63. The largest absolute Gasteiger partial charge is 0.486 e. The Kier molecular flexibility index (Phi) is 2.79. The van der Waals surface area contributed by atoms with Crippen LogP contribution in [0.1, 0.15) is 27.6 Å². The molecule has 1 atom stereocenters. The second kappa shape index (κ2) is 4.67. The van der Waals surface area contributed by atoms with E-state index in [0.29, 0.717) is 35.3 Å². The number of cyclic esters (lactones) is 1. The zero-order valence-electron chi connectivity index (χ0n) is 11.0. The number of carbonyl (C=O) groups excluding carboxylic acids is 1. The van der Waals surface area contributed by atoms with E-state index in [1.807, 2.05) is 24.3 Å². The van der Waals surface area contributed by atoms with Crippen LogP contribution in [0.4, 0.5) is 0 Å². The summed E-state index contributed by atoms with van der Waals surface area (Å²) in [6.45, 7) is 0.978. The Balaban J connectivity index is 1.86. The lowest BCUT2D eigenvalue weighted by molar-refractivity contribution is 0.0456. The van der Waals surface area contributed by atoms with Crippen molar-refractivity contribution in [3.63, 3.8) is 0 Å². The number of fused-ring (bicyclic) bond motifs is 2. The normalized spacial score (nSPS) is 19.1. The Morgan fingerprint density at radius 3 is 2.48 bits per heavy atom. The molecule has 0 aromatic heterocycles. The van der Waals surface area contributed by atoms with Gasteiger partial charge in [0.05, 0.1) is 5.56 Å². The molecule has 0 radical (unpaired) electrons. The molecule has 21 heavy (non-hydrogen) atoms. The maximum absolute atomic E-state index is 12.1. The lowest BCUT2D eigenvalue weighted by atomic mass is 9.98. The number of carbonyl (C=O) groups is 1. The van der Waals surface area contributed by atoms with Crippen molar-refractivity contribution in [2.45, 2.75) is 6.10 Å². The second-order valence-corrected chi connectivity index (χ2v) is 5.30. The van der Waals surface area contributed by atoms with Crippen molar-refractivity contribution in [1.82, 2.24) is 0 Å². The van der Waals surface area contributed by atoms with Crippen LogP contribution in [0.25, 0.3) is 0 Å². The summed E-state index contributed by atoms with van der Waals surface area (Å²) >= 11 is 6.21. The average Bonchev–Trinajstić information content (AvgIpc) is 2.82. The van der Waals surface area contributed by atoms with Crippen LogP contribution in [-0.4, -0.2) is 19.2 Å². The Morgan fingerprint density at radius 1 is 1.00 bits per heavy atom. The van der Waals surface area contributed by atoms with Gasteiger partial charge in [-0.05, 0) is 18.2 Å². The molecule has 2 aromatic carbocycles. The summed E-state index contributed by atoms with van der Waals surface area (Å²) in [7, 11) is 0. The van der Waals surface area contributed by atoms with Gasteiger partial charge < -0.3 is 14.2 Å². The molecule has 2 aliphatic heterocycles. The lowest BCUT2D eigenvalue weighted by Gasteiger charge is -2.19. The van der Waals surface area contributed by atoms with Crippen LogP contribution >= 0.6 is 11.6 Å². The van der Waals surface area contributed by atoms with E-state index in [1.54, 1.807) is 12.1 Å². The monoisotopic (exact) mass is 302 g/mol. The smallest absolute Gasteiger partial charge is 0.339 e. The number of hydrogen-bond donors (Lipinski definition) is 0. The maximum Gasteiger partial charge on any atom is 0.339 e. The fourth-order valence-electron chi connectivity index (χ4n) is 2.65. The van der Waals surface area contributed by atoms with Gasteiger partial charge >= 0.3 is 5.97 Å². The number of rotatable bonds is 1. The molecular weight excluding hydrogens is 292 g/mol. The third-order valence-electron chi connectivity index (χ3n) is 3.63. The number of esters is 1. The molecule has 2 heterocycles. The molecule has 0 fully saturated rings. The maximum atomic E-state index is 12.1. The molecule has 5 heteroatoms. The predicted octanol–water partition coefficient (Wildman–Crippen LogP) is 3.37. The molecule has 0 spiro atoms. The summed E-state index contributed by atoms with van der Waals surface area (Å²) < 4.78 is 16.6. The van der Waals surface area contributed by atoms with Gasteiger partial charge in [0.25, 0.3) is 0 Å². The molecule has 0 unspecified atom stereocenters. The second-order valence-electron chi connectivity index (χ2n) is 4.89. The highest BCUT2D eigenvalue weighted by atomic mass is 35.5. The average molecular weight is 303 g/mol. The Labute approximate surface area is 126 Å². The standard InChI is InChI=1S/C16H11ClO4/c17-12-4-2-1-3-9(12)15-10-7-13-14(20-6-5-19-13)8-11(10)16(18)21-15/h1-4,7-8,15H,5-6H2/t15-/m1/s1. The molecule has 0 saturated heterocycles. The summed E-state index contributed by atoms with van der Waals surface area (Å²) in [5, 5.41) is 0.568. The van der Waals surface area contributed by atoms with Crippen molar-refractivity contribution in [3.8, 4) is 11.5 Å². The third-order valence-corrected chi connectivity index (χ3v) is 3.97. The Morgan fingerprint density at radius 2 is 1.71 bits per heavy atom. The molecule has 0 aliphatic carbocycles. The van der Waals surface area contributed by atoms with Gasteiger partial charge in [0.1, 0.15) is 13.2 Å². The van der Waals surface area contributed by atoms with Gasteiger partial charge in [0, 0.05) is 16.1 Å². The molecule has 2 aliphatic rings. The topological polar surface area (TPSA) is 44.8 Å². The zero-order valence-corrected chi connectivity index (χ0v) is 11.7. The van der Waals surface area contributed by atoms with Gasteiger partial charge in [-0.3, -0.25) is 0 Å². The highest BCUT2D eigenvalue weighted by molar-refractivity contribution is 6.31. The molecule has 0 N–H and O–H groups in total. The van der Waals surface area contributed by atoms with Crippen LogP contribution < -0.4 is 9.47 Å². The van der Waals surface area contributed by atoms with Crippen molar-refractivity contribution in [1.29, 1.82) is 0 Å². The minimum Gasteiger partial charge on any atom is -0.486 e. The molecule has 4 rings (SSSR count). The number of hydrogen-bond acceptors (Lipinski definition) is 4. The number of benzene rings is 2. The van der Waals surface area contributed by atoms with Gasteiger partial charge in [0.2, 0.25) is 0 Å². The first-order valence-corrected chi connectivity index (χ1v) is 7.01. The summed E-state index contributed by atoms with van der Waals surface area (Å²) in [5.74, 6) is 0.846. The van der Waals surface area contributed by atoms with E-state index in [2.05, 4.69) is 0 Å². The van der Waals surface area contributed by atoms with Crippen LogP contribution in [0.3, 0.4) is 0 Å². The zero-order chi connectivity index (χ0) is 14.4. The molecule has 4 nitrogen and oxygen atoms in total. The highest BCUT2D eigenvalue weighted by Gasteiger charge is 2.35. The summed E-state index contributed by atoms with van der Waals surface area (Å²) in [4.78, 5) is 12.1. The molecular formula is C16H11ClO4. The highest BCUT2D eigenvalue weighted by Crippen LogP contribution is 2.44. The van der Waals surface area contributed by atoms with Crippen LogP contribution in [0.2, 0.25) is 5.02 Å². The first-order chi connectivity index (χ1) is 10.2. The number of halogens is 1. The van der Waals surface area contributed by atoms with Gasteiger partial charge in [-0.25, -0.2) is 4.79 Å². The molecule has 0 bridgehead atoms. The van der Waals surface area contributed by atoms with Gasteiger partial charge in [-0.15, -0.1) is 0 Å². The van der Waals surface area contributed by atoms with E-state index in [4.69, 9.17) is 25.8 Å². The Hall–Kier alpha value is -2.20. The fraction of sp³-hybridized carbons (Fsp3) is 0.188. The molecule has 2 aromatic rings. The van der Waals surface area contributed by atoms with Crippen molar-refractivity contribution < 1.29 is 19.0 Å². The SMILES string of the molecule is O=C1O[C@H](c2ccccc2Cl)c2cc3c(cc21)OCCO3. The fourth-order valence-corrected chi connectivity index (χ4v) is 2.89. The van der Waals surface area contributed by atoms with E-state index in [9.17, 15) is 4.79 Å². The number of ether oxygens (including phenoxy) is 3. The van der Waals surface area contributed by atoms with Crippen LogP contribution in [0, 0.1) is 0 Å². The van der Waals surface area contributed by atoms with Crippen molar-refractivity contribution in [3.05, 3.63) is 58.1 Å².